The van der Waals surface area contributed by atoms with Gasteiger partial charge in [0.2, 0.25) is 5.91 Å². The van der Waals surface area contributed by atoms with E-state index in [9.17, 15) is 9.90 Å². The smallest absolute Gasteiger partial charge is 0.226 e. The number of hydrogen-bond donors (Lipinski definition) is 2. The van der Waals surface area contributed by atoms with Crippen LogP contribution in [0.15, 0.2) is 58.4 Å². The molecule has 0 saturated carbocycles. The minimum Gasteiger partial charge on any atom is -0.387 e. The highest BCUT2D eigenvalue weighted by Crippen LogP contribution is 2.26. The van der Waals surface area contributed by atoms with Crippen molar-refractivity contribution < 1.29 is 9.90 Å². The molecule has 7 heteroatoms. The molecule has 0 bridgehead atoms. The van der Waals surface area contributed by atoms with Crippen LogP contribution >= 0.6 is 38.9 Å². The summed E-state index contributed by atoms with van der Waals surface area (Å²) < 4.78 is 0.987. The van der Waals surface area contributed by atoms with Gasteiger partial charge in [0.25, 0.3) is 0 Å². The number of aliphatic hydroxyl groups is 1. The average Bonchev–Trinajstić information content (AvgIpc) is 3.09. The van der Waals surface area contributed by atoms with Gasteiger partial charge in [-0.15, -0.1) is 11.3 Å². The molecule has 0 spiro atoms. The van der Waals surface area contributed by atoms with Gasteiger partial charge in [-0.1, -0.05) is 51.8 Å². The number of nitrogens with one attached hydrogen (secondary N) is 1. The highest BCUT2D eigenvalue weighted by atomic mass is 79.9. The third-order valence-electron chi connectivity index (χ3n) is 3.71. The Labute approximate surface area is 169 Å². The standard InChI is InChI=1S/C19H16BrClN2O2S/c20-14-3-1-2-13(8-14)19-23-16(11-26-19)9-18(25)22-10-17(24)12-4-6-15(21)7-5-12/h1-8,11,17,24H,9-10H2,(H,22,25). The van der Waals surface area contributed by atoms with Crippen molar-refractivity contribution in [2.75, 3.05) is 6.54 Å². The van der Waals surface area contributed by atoms with E-state index < -0.39 is 6.10 Å². The molecule has 1 aromatic heterocycles. The van der Waals surface area contributed by atoms with Crippen LogP contribution < -0.4 is 5.32 Å². The van der Waals surface area contributed by atoms with E-state index in [1.54, 1.807) is 24.3 Å². The van der Waals surface area contributed by atoms with Gasteiger partial charge in [-0.05, 0) is 29.8 Å². The van der Waals surface area contributed by atoms with Crippen LogP contribution in [0.3, 0.4) is 0 Å². The van der Waals surface area contributed by atoms with Crippen molar-refractivity contribution in [3.8, 4) is 10.6 Å². The molecule has 134 valence electrons. The maximum Gasteiger partial charge on any atom is 0.226 e. The zero-order valence-corrected chi connectivity index (χ0v) is 16.8. The van der Waals surface area contributed by atoms with E-state index in [0.717, 1.165) is 15.0 Å². The Morgan fingerprint density at radius 3 is 2.77 bits per heavy atom. The van der Waals surface area contributed by atoms with Crippen LogP contribution in [0, 0.1) is 0 Å². The summed E-state index contributed by atoms with van der Waals surface area (Å²) in [5, 5.41) is 16.2. The highest BCUT2D eigenvalue weighted by Gasteiger charge is 2.12. The van der Waals surface area contributed by atoms with Crippen molar-refractivity contribution in [1.82, 2.24) is 10.3 Å². The fourth-order valence-electron chi connectivity index (χ4n) is 2.38. The minimum absolute atomic E-state index is 0.142. The number of amides is 1. The second-order valence-corrected chi connectivity index (χ2v) is 7.91. The van der Waals surface area contributed by atoms with Crippen molar-refractivity contribution in [2.45, 2.75) is 12.5 Å². The number of nitrogens with zero attached hydrogens (tertiary/aromatic N) is 1. The molecule has 0 fully saturated rings. The minimum atomic E-state index is -0.774. The SMILES string of the molecule is O=C(Cc1csc(-c2cccc(Br)c2)n1)NCC(O)c1ccc(Cl)cc1. The number of halogens is 2. The van der Waals surface area contributed by atoms with E-state index in [2.05, 4.69) is 26.2 Å². The Balaban J connectivity index is 1.54. The van der Waals surface area contributed by atoms with Gasteiger partial charge in [-0.3, -0.25) is 4.79 Å². The molecule has 0 aliphatic carbocycles. The van der Waals surface area contributed by atoms with Gasteiger partial charge in [0.15, 0.2) is 0 Å². The van der Waals surface area contributed by atoms with Crippen LogP contribution in [0.2, 0.25) is 5.02 Å². The summed E-state index contributed by atoms with van der Waals surface area (Å²) in [5.74, 6) is -0.177. The fourth-order valence-corrected chi connectivity index (χ4v) is 3.72. The van der Waals surface area contributed by atoms with Gasteiger partial charge in [-0.25, -0.2) is 4.98 Å². The van der Waals surface area contributed by atoms with Gasteiger partial charge in [-0.2, -0.15) is 0 Å². The number of benzene rings is 2. The molecule has 26 heavy (non-hydrogen) atoms. The van der Waals surface area contributed by atoms with Crippen LogP contribution in [-0.4, -0.2) is 22.5 Å². The average molecular weight is 452 g/mol. The Bertz CT molecular complexity index is 899. The van der Waals surface area contributed by atoms with Crippen LogP contribution in [0.4, 0.5) is 0 Å². The van der Waals surface area contributed by atoms with Crippen molar-refractivity contribution in [3.63, 3.8) is 0 Å². The number of thiazole rings is 1. The predicted octanol–water partition coefficient (Wildman–Crippen LogP) is 4.62. The first-order valence-corrected chi connectivity index (χ1v) is 9.97. The first-order valence-electron chi connectivity index (χ1n) is 7.92. The summed E-state index contributed by atoms with van der Waals surface area (Å²) in [4.78, 5) is 16.6. The zero-order valence-electron chi connectivity index (χ0n) is 13.7. The lowest BCUT2D eigenvalue weighted by Gasteiger charge is -2.12. The summed E-state index contributed by atoms with van der Waals surface area (Å²) in [7, 11) is 0. The molecule has 0 radical (unpaired) electrons. The van der Waals surface area contributed by atoms with Crippen molar-refractivity contribution in [2.24, 2.45) is 0 Å². The van der Waals surface area contributed by atoms with Crippen molar-refractivity contribution >= 4 is 44.8 Å². The summed E-state index contributed by atoms with van der Waals surface area (Å²) >= 11 is 10.8. The molecular formula is C19H16BrClN2O2S. The lowest BCUT2D eigenvalue weighted by Crippen LogP contribution is -2.29. The lowest BCUT2D eigenvalue weighted by molar-refractivity contribution is -0.120. The third kappa shape index (κ3) is 5.14. The Kier molecular flexibility index (Phi) is 6.43. The van der Waals surface area contributed by atoms with Gasteiger partial charge < -0.3 is 10.4 Å². The van der Waals surface area contributed by atoms with Gasteiger partial charge in [0.05, 0.1) is 18.2 Å². The molecule has 1 amide bonds. The number of carbonyl (C=O) groups is 1. The van der Waals surface area contributed by atoms with Gasteiger partial charge in [0.1, 0.15) is 5.01 Å². The molecule has 0 aliphatic heterocycles. The molecule has 0 saturated heterocycles. The molecule has 3 aromatic rings. The predicted molar refractivity (Wildman–Crippen MR) is 108 cm³/mol. The topological polar surface area (TPSA) is 62.2 Å². The molecule has 1 heterocycles. The van der Waals surface area contributed by atoms with Crippen LogP contribution in [0.5, 0.6) is 0 Å². The molecule has 2 aromatic carbocycles. The summed E-state index contributed by atoms with van der Waals surface area (Å²) in [5.41, 5.74) is 2.43. The second-order valence-electron chi connectivity index (χ2n) is 5.70. The number of rotatable bonds is 6. The lowest BCUT2D eigenvalue weighted by atomic mass is 10.1. The normalized spacial score (nSPS) is 12.0. The maximum absolute atomic E-state index is 12.1. The fraction of sp³-hybridized carbons (Fsp3) is 0.158. The third-order valence-corrected chi connectivity index (χ3v) is 5.40. The van der Waals surface area contributed by atoms with E-state index in [0.29, 0.717) is 16.3 Å². The highest BCUT2D eigenvalue weighted by molar-refractivity contribution is 9.10. The molecular weight excluding hydrogens is 436 g/mol. The molecule has 1 atom stereocenters. The Morgan fingerprint density at radius 1 is 1.27 bits per heavy atom. The van der Waals surface area contributed by atoms with E-state index in [1.165, 1.54) is 11.3 Å². The van der Waals surface area contributed by atoms with Crippen LogP contribution in [0.1, 0.15) is 17.4 Å². The van der Waals surface area contributed by atoms with E-state index in [4.69, 9.17) is 11.6 Å². The second kappa shape index (κ2) is 8.77. The molecule has 1 unspecified atom stereocenters. The van der Waals surface area contributed by atoms with Crippen LogP contribution in [-0.2, 0) is 11.2 Å². The quantitative estimate of drug-likeness (QED) is 0.575. The summed E-state index contributed by atoms with van der Waals surface area (Å²) in [6.07, 6.45) is -0.596. The monoisotopic (exact) mass is 450 g/mol. The van der Waals surface area contributed by atoms with Crippen molar-refractivity contribution in [1.29, 1.82) is 0 Å². The van der Waals surface area contributed by atoms with E-state index in [1.807, 2.05) is 29.6 Å². The molecule has 3 rings (SSSR count). The first-order chi connectivity index (χ1) is 12.5. The number of carbonyl (C=O) groups excluding carboxylic acids is 1. The Hall–Kier alpha value is -1.73. The van der Waals surface area contributed by atoms with Crippen LogP contribution in [0.25, 0.3) is 10.6 Å². The number of aliphatic hydroxyl groups excluding tert-OH is 1. The number of aromatic nitrogens is 1. The largest absolute Gasteiger partial charge is 0.387 e. The van der Waals surface area contributed by atoms with E-state index >= 15 is 0 Å². The molecule has 2 N–H and O–H groups in total. The molecule has 0 aliphatic rings. The Morgan fingerprint density at radius 2 is 2.04 bits per heavy atom. The maximum atomic E-state index is 12.1. The van der Waals surface area contributed by atoms with Gasteiger partial charge >= 0.3 is 0 Å². The summed E-state index contributed by atoms with van der Waals surface area (Å²) in [6, 6.07) is 14.8. The van der Waals surface area contributed by atoms with Gasteiger partial charge in [0, 0.05) is 27.0 Å². The van der Waals surface area contributed by atoms with Crippen molar-refractivity contribution in [3.05, 3.63) is 74.7 Å². The number of hydrogen-bond acceptors (Lipinski definition) is 4. The summed E-state index contributed by atoms with van der Waals surface area (Å²) in [6.45, 7) is 0.142. The first kappa shape index (κ1) is 19.0. The molecule has 4 nitrogen and oxygen atoms in total. The van der Waals surface area contributed by atoms with E-state index in [-0.39, 0.29) is 18.9 Å². The zero-order chi connectivity index (χ0) is 18.5.